The van der Waals surface area contributed by atoms with Crippen molar-refractivity contribution in [3.8, 4) is 0 Å². The summed E-state index contributed by atoms with van der Waals surface area (Å²) < 4.78 is 11.4. The van der Waals surface area contributed by atoms with Crippen molar-refractivity contribution in [2.45, 2.75) is 52.7 Å². The van der Waals surface area contributed by atoms with Crippen molar-refractivity contribution < 1.29 is 9.47 Å². The van der Waals surface area contributed by atoms with E-state index in [2.05, 4.69) is 20.8 Å². The van der Waals surface area contributed by atoms with Crippen LogP contribution in [-0.4, -0.2) is 19.5 Å². The van der Waals surface area contributed by atoms with E-state index in [9.17, 15) is 0 Å². The molecule has 2 nitrogen and oxygen atoms in total. The monoisotopic (exact) mass is 200 g/mol. The molecule has 0 spiro atoms. The predicted molar refractivity (Wildman–Crippen MR) is 58.2 cm³/mol. The standard InChI is InChI=1S/C12H24O2/c1-4-7-11(10(3)5-2)12-13-8-6-9-14-12/h10-12H,4-9H2,1-3H3. The summed E-state index contributed by atoms with van der Waals surface area (Å²) in [5.41, 5.74) is 0. The lowest BCUT2D eigenvalue weighted by Gasteiger charge is -2.33. The minimum absolute atomic E-state index is 0.0682. The van der Waals surface area contributed by atoms with Crippen LogP contribution in [0.2, 0.25) is 0 Å². The van der Waals surface area contributed by atoms with Gasteiger partial charge in [-0.3, -0.25) is 0 Å². The van der Waals surface area contributed by atoms with Crippen molar-refractivity contribution >= 4 is 0 Å². The first kappa shape index (κ1) is 12.0. The Hall–Kier alpha value is -0.0800. The van der Waals surface area contributed by atoms with Crippen LogP contribution < -0.4 is 0 Å². The first-order valence-electron chi connectivity index (χ1n) is 6.02. The van der Waals surface area contributed by atoms with Gasteiger partial charge >= 0.3 is 0 Å². The maximum atomic E-state index is 5.69. The fourth-order valence-electron chi connectivity index (χ4n) is 2.08. The molecule has 1 aliphatic rings. The van der Waals surface area contributed by atoms with Gasteiger partial charge in [0.1, 0.15) is 0 Å². The zero-order valence-electron chi connectivity index (χ0n) is 9.79. The average molecular weight is 200 g/mol. The number of hydrogen-bond donors (Lipinski definition) is 0. The van der Waals surface area contributed by atoms with Gasteiger partial charge in [-0.1, -0.05) is 33.6 Å². The van der Waals surface area contributed by atoms with Crippen LogP contribution in [0, 0.1) is 11.8 Å². The maximum absolute atomic E-state index is 5.69. The highest BCUT2D eigenvalue weighted by Crippen LogP contribution is 2.28. The number of rotatable bonds is 5. The minimum atomic E-state index is 0.0682. The van der Waals surface area contributed by atoms with E-state index in [1.165, 1.54) is 19.3 Å². The van der Waals surface area contributed by atoms with E-state index in [0.717, 1.165) is 19.6 Å². The molecule has 1 heterocycles. The Labute approximate surface area is 88.0 Å². The molecule has 2 heteroatoms. The molecule has 0 radical (unpaired) electrons. The second-order valence-corrected chi connectivity index (χ2v) is 4.30. The van der Waals surface area contributed by atoms with Crippen LogP contribution >= 0.6 is 0 Å². The summed E-state index contributed by atoms with van der Waals surface area (Å²) in [5, 5.41) is 0. The van der Waals surface area contributed by atoms with Crippen LogP contribution in [0.15, 0.2) is 0 Å². The summed E-state index contributed by atoms with van der Waals surface area (Å²) in [6.07, 6.45) is 4.78. The molecule has 1 aliphatic heterocycles. The molecule has 0 aliphatic carbocycles. The smallest absolute Gasteiger partial charge is 0.160 e. The van der Waals surface area contributed by atoms with E-state index in [1.807, 2.05) is 0 Å². The quantitative estimate of drug-likeness (QED) is 0.678. The van der Waals surface area contributed by atoms with Gasteiger partial charge in [-0.05, 0) is 18.8 Å². The summed E-state index contributed by atoms with van der Waals surface area (Å²) in [6.45, 7) is 8.54. The molecule has 0 aromatic rings. The van der Waals surface area contributed by atoms with Gasteiger partial charge in [-0.2, -0.15) is 0 Å². The highest BCUT2D eigenvalue weighted by Gasteiger charge is 2.28. The lowest BCUT2D eigenvalue weighted by molar-refractivity contribution is -0.214. The molecule has 1 rings (SSSR count). The third-order valence-electron chi connectivity index (χ3n) is 3.20. The zero-order valence-corrected chi connectivity index (χ0v) is 9.79. The van der Waals surface area contributed by atoms with E-state index in [-0.39, 0.29) is 6.29 Å². The van der Waals surface area contributed by atoms with Crippen LogP contribution in [-0.2, 0) is 9.47 Å². The summed E-state index contributed by atoms with van der Waals surface area (Å²) in [6, 6.07) is 0. The summed E-state index contributed by atoms with van der Waals surface area (Å²) >= 11 is 0. The van der Waals surface area contributed by atoms with Crippen molar-refractivity contribution in [1.29, 1.82) is 0 Å². The van der Waals surface area contributed by atoms with Gasteiger partial charge in [0.15, 0.2) is 6.29 Å². The molecule has 14 heavy (non-hydrogen) atoms. The van der Waals surface area contributed by atoms with Crippen molar-refractivity contribution in [3.05, 3.63) is 0 Å². The van der Waals surface area contributed by atoms with Gasteiger partial charge in [-0.15, -0.1) is 0 Å². The van der Waals surface area contributed by atoms with Gasteiger partial charge in [0.25, 0.3) is 0 Å². The number of ether oxygens (including phenoxy) is 2. The van der Waals surface area contributed by atoms with Crippen LogP contribution in [0.25, 0.3) is 0 Å². The van der Waals surface area contributed by atoms with Crippen LogP contribution in [0.4, 0.5) is 0 Å². The SMILES string of the molecule is CCCC(C(C)CC)C1OCCCO1. The third-order valence-corrected chi connectivity index (χ3v) is 3.20. The normalized spacial score (nSPS) is 23.4. The van der Waals surface area contributed by atoms with Crippen molar-refractivity contribution in [1.82, 2.24) is 0 Å². The second-order valence-electron chi connectivity index (χ2n) is 4.30. The Morgan fingerprint density at radius 2 is 1.86 bits per heavy atom. The molecule has 0 aromatic carbocycles. The van der Waals surface area contributed by atoms with Gasteiger partial charge < -0.3 is 9.47 Å². The van der Waals surface area contributed by atoms with E-state index in [1.54, 1.807) is 0 Å². The zero-order chi connectivity index (χ0) is 10.4. The van der Waals surface area contributed by atoms with E-state index in [4.69, 9.17) is 9.47 Å². The molecule has 0 amide bonds. The molecule has 1 saturated heterocycles. The third kappa shape index (κ3) is 3.25. The molecule has 0 bridgehead atoms. The molecule has 0 saturated carbocycles. The Morgan fingerprint density at radius 3 is 2.36 bits per heavy atom. The Kier molecular flexibility index (Phi) is 5.49. The fraction of sp³-hybridized carbons (Fsp3) is 1.00. The maximum Gasteiger partial charge on any atom is 0.160 e. The van der Waals surface area contributed by atoms with Crippen molar-refractivity contribution in [2.24, 2.45) is 11.8 Å². The van der Waals surface area contributed by atoms with Crippen molar-refractivity contribution in [2.75, 3.05) is 13.2 Å². The molecule has 2 atom stereocenters. The van der Waals surface area contributed by atoms with Crippen LogP contribution in [0.3, 0.4) is 0 Å². The van der Waals surface area contributed by atoms with E-state index in [0.29, 0.717) is 11.8 Å². The molecule has 84 valence electrons. The fourth-order valence-corrected chi connectivity index (χ4v) is 2.08. The molecule has 1 fully saturated rings. The van der Waals surface area contributed by atoms with Crippen molar-refractivity contribution in [3.63, 3.8) is 0 Å². The highest BCUT2D eigenvalue weighted by molar-refractivity contribution is 4.70. The van der Waals surface area contributed by atoms with Gasteiger partial charge in [-0.25, -0.2) is 0 Å². The largest absolute Gasteiger partial charge is 0.352 e. The Morgan fingerprint density at radius 1 is 1.21 bits per heavy atom. The van der Waals surface area contributed by atoms with Crippen LogP contribution in [0.5, 0.6) is 0 Å². The summed E-state index contributed by atoms with van der Waals surface area (Å²) in [7, 11) is 0. The lowest BCUT2D eigenvalue weighted by Crippen LogP contribution is -2.35. The van der Waals surface area contributed by atoms with Gasteiger partial charge in [0.05, 0.1) is 13.2 Å². The van der Waals surface area contributed by atoms with E-state index < -0.39 is 0 Å². The van der Waals surface area contributed by atoms with Gasteiger partial charge in [0, 0.05) is 5.92 Å². The topological polar surface area (TPSA) is 18.5 Å². The minimum Gasteiger partial charge on any atom is -0.352 e. The lowest BCUT2D eigenvalue weighted by atomic mass is 9.87. The Balaban J connectivity index is 2.46. The molecule has 2 unspecified atom stereocenters. The first-order valence-corrected chi connectivity index (χ1v) is 6.02. The average Bonchev–Trinajstić information content (AvgIpc) is 2.26. The van der Waals surface area contributed by atoms with Gasteiger partial charge in [0.2, 0.25) is 0 Å². The molecule has 0 aromatic heterocycles. The number of hydrogen-bond acceptors (Lipinski definition) is 2. The summed E-state index contributed by atoms with van der Waals surface area (Å²) in [5.74, 6) is 1.29. The Bertz CT molecular complexity index is 141. The van der Waals surface area contributed by atoms with Crippen LogP contribution in [0.1, 0.15) is 46.5 Å². The second kappa shape index (κ2) is 6.41. The first-order chi connectivity index (χ1) is 6.79. The molecular formula is C12H24O2. The molecule has 0 N–H and O–H groups in total. The highest BCUT2D eigenvalue weighted by atomic mass is 16.7. The molecular weight excluding hydrogens is 176 g/mol. The van der Waals surface area contributed by atoms with E-state index >= 15 is 0 Å². The predicted octanol–water partition coefficient (Wildman–Crippen LogP) is 3.21. The summed E-state index contributed by atoms with van der Waals surface area (Å²) in [4.78, 5) is 0.